The predicted octanol–water partition coefficient (Wildman–Crippen LogP) is 4.15. The Morgan fingerprint density at radius 3 is 2.27 bits per heavy atom. The normalized spacial score (nSPS) is 11.5. The van der Waals surface area contributed by atoms with E-state index >= 15 is 0 Å². The third-order valence-electron chi connectivity index (χ3n) is 3.60. The van der Waals surface area contributed by atoms with E-state index < -0.39 is 23.2 Å². The van der Waals surface area contributed by atoms with Gasteiger partial charge in [-0.25, -0.2) is 23.1 Å². The van der Waals surface area contributed by atoms with Crippen molar-refractivity contribution in [2.24, 2.45) is 0 Å². The first-order chi connectivity index (χ1) is 14.2. The minimum Gasteiger partial charge on any atom is -0.435 e. The molecule has 0 saturated heterocycles. The van der Waals surface area contributed by atoms with Crippen LogP contribution in [-0.2, 0) is 10.0 Å². The summed E-state index contributed by atoms with van der Waals surface area (Å²) < 4.78 is 86.1. The first kappa shape index (κ1) is 21.3. The highest BCUT2D eigenvalue weighted by molar-refractivity contribution is 7.92. The first-order valence-electron chi connectivity index (χ1n) is 8.19. The number of hydrogen-bond acceptors (Lipinski definition) is 6. The van der Waals surface area contributed by atoms with Gasteiger partial charge >= 0.3 is 13.2 Å². The molecule has 1 N–H and O–H groups in total. The Morgan fingerprint density at radius 2 is 1.60 bits per heavy atom. The van der Waals surface area contributed by atoms with Gasteiger partial charge < -0.3 is 9.47 Å². The minimum absolute atomic E-state index is 0.0481. The molecule has 30 heavy (non-hydrogen) atoms. The van der Waals surface area contributed by atoms with Crippen LogP contribution < -0.4 is 14.2 Å². The summed E-state index contributed by atoms with van der Waals surface area (Å²) in [5, 5.41) is 0. The maximum atomic E-state index is 12.7. The molecule has 158 valence electrons. The Morgan fingerprint density at radius 1 is 0.900 bits per heavy atom. The predicted molar refractivity (Wildman–Crippen MR) is 98.0 cm³/mol. The number of anilines is 1. The van der Waals surface area contributed by atoms with E-state index in [2.05, 4.69) is 24.2 Å². The van der Waals surface area contributed by atoms with Gasteiger partial charge in [-0.15, -0.1) is 0 Å². The largest absolute Gasteiger partial charge is 0.435 e. The molecule has 0 radical (unpaired) electrons. The van der Waals surface area contributed by atoms with E-state index in [1.165, 1.54) is 30.3 Å². The summed E-state index contributed by atoms with van der Waals surface area (Å²) >= 11 is 0. The molecule has 0 bridgehead atoms. The molecule has 0 aliphatic heterocycles. The quantitative estimate of drug-likeness (QED) is 0.526. The zero-order chi connectivity index (χ0) is 21.7. The molecule has 1 aromatic heterocycles. The number of sulfonamides is 1. The van der Waals surface area contributed by atoms with Gasteiger partial charge in [0, 0.05) is 11.8 Å². The van der Waals surface area contributed by atoms with Crippen LogP contribution in [0.4, 0.5) is 23.5 Å². The molecule has 3 rings (SSSR count). The van der Waals surface area contributed by atoms with Crippen LogP contribution >= 0.6 is 0 Å². The lowest BCUT2D eigenvalue weighted by atomic mass is 10.1. The van der Waals surface area contributed by atoms with E-state index in [4.69, 9.17) is 0 Å². The molecular formula is C18H13F4N3O4S. The summed E-state index contributed by atoms with van der Waals surface area (Å²) in [5.41, 5.74) is -0.192. The maximum absolute atomic E-state index is 12.7. The van der Waals surface area contributed by atoms with E-state index in [9.17, 15) is 26.0 Å². The molecule has 0 spiro atoms. The van der Waals surface area contributed by atoms with Gasteiger partial charge in [-0.05, 0) is 36.4 Å². The molecule has 2 aromatic carbocycles. The lowest BCUT2D eigenvalue weighted by Crippen LogP contribution is -2.15. The van der Waals surface area contributed by atoms with Gasteiger partial charge in [0.25, 0.3) is 10.0 Å². The van der Waals surface area contributed by atoms with Crippen LogP contribution in [0.5, 0.6) is 11.5 Å². The van der Waals surface area contributed by atoms with Crippen LogP contribution in [-0.4, -0.2) is 31.6 Å². The van der Waals surface area contributed by atoms with Crippen molar-refractivity contribution >= 4 is 16.0 Å². The van der Waals surface area contributed by atoms with Crippen LogP contribution in [0.1, 0.15) is 0 Å². The molecule has 0 atom stereocenters. The van der Waals surface area contributed by atoms with Crippen LogP contribution in [0, 0.1) is 0 Å². The molecule has 0 aliphatic carbocycles. The number of nitrogens with one attached hydrogen (secondary N) is 1. The van der Waals surface area contributed by atoms with Gasteiger partial charge in [0.2, 0.25) is 5.95 Å². The van der Waals surface area contributed by atoms with E-state index in [0.29, 0.717) is 0 Å². The van der Waals surface area contributed by atoms with Crippen LogP contribution in [0.3, 0.4) is 0 Å². The lowest BCUT2D eigenvalue weighted by Gasteiger charge is -2.13. The van der Waals surface area contributed by atoms with E-state index in [-0.39, 0.29) is 33.6 Å². The highest BCUT2D eigenvalue weighted by atomic mass is 32.2. The SMILES string of the molecule is O=S(=O)(Nc1nccc(-c2cc(OC(F)F)ccc2OC(F)F)n1)c1ccccc1. The molecule has 12 heteroatoms. The second-order valence-electron chi connectivity index (χ2n) is 5.60. The number of halogens is 4. The van der Waals surface area contributed by atoms with Crippen molar-refractivity contribution in [1.82, 2.24) is 9.97 Å². The number of nitrogens with zero attached hydrogens (tertiary/aromatic N) is 2. The Balaban J connectivity index is 1.98. The van der Waals surface area contributed by atoms with Crippen molar-refractivity contribution in [1.29, 1.82) is 0 Å². The average Bonchev–Trinajstić information content (AvgIpc) is 2.69. The topological polar surface area (TPSA) is 90.4 Å². The third-order valence-corrected chi connectivity index (χ3v) is 4.95. The van der Waals surface area contributed by atoms with E-state index in [0.717, 1.165) is 24.4 Å². The summed E-state index contributed by atoms with van der Waals surface area (Å²) in [6, 6.07) is 11.7. The summed E-state index contributed by atoms with van der Waals surface area (Å²) in [4.78, 5) is 7.72. The van der Waals surface area contributed by atoms with E-state index in [1.807, 2.05) is 0 Å². The van der Waals surface area contributed by atoms with Crippen molar-refractivity contribution < 1.29 is 35.5 Å². The van der Waals surface area contributed by atoms with Gasteiger partial charge in [-0.2, -0.15) is 17.6 Å². The van der Waals surface area contributed by atoms with Crippen LogP contribution in [0.2, 0.25) is 0 Å². The summed E-state index contributed by atoms with van der Waals surface area (Å²) in [7, 11) is -4.02. The van der Waals surface area contributed by atoms with Crippen LogP contribution in [0.25, 0.3) is 11.3 Å². The van der Waals surface area contributed by atoms with Crippen molar-refractivity contribution in [2.45, 2.75) is 18.1 Å². The Kier molecular flexibility index (Phi) is 6.35. The van der Waals surface area contributed by atoms with Crippen molar-refractivity contribution in [2.75, 3.05) is 4.72 Å². The Hall–Kier alpha value is -3.41. The number of ether oxygens (including phenoxy) is 2. The number of benzene rings is 2. The molecule has 0 unspecified atom stereocenters. The van der Waals surface area contributed by atoms with Crippen molar-refractivity contribution in [3.8, 4) is 22.8 Å². The van der Waals surface area contributed by atoms with Gasteiger partial charge in [0.05, 0.1) is 10.6 Å². The first-order valence-corrected chi connectivity index (χ1v) is 9.68. The molecule has 3 aromatic rings. The fraction of sp³-hybridized carbons (Fsp3) is 0.111. The standard InChI is InChI=1S/C18H13F4N3O4S/c19-16(20)28-11-6-7-15(29-17(21)22)13(10-11)14-8-9-23-18(24-14)25-30(26,27)12-4-2-1-3-5-12/h1-10,16-17H,(H,23,24,25). The van der Waals surface area contributed by atoms with Gasteiger partial charge in [0.15, 0.2) is 0 Å². The lowest BCUT2D eigenvalue weighted by molar-refractivity contribution is -0.0526. The van der Waals surface area contributed by atoms with Gasteiger partial charge in [-0.3, -0.25) is 0 Å². The van der Waals surface area contributed by atoms with E-state index in [1.54, 1.807) is 6.07 Å². The molecule has 7 nitrogen and oxygen atoms in total. The second kappa shape index (κ2) is 8.95. The molecule has 0 amide bonds. The highest BCUT2D eigenvalue weighted by Crippen LogP contribution is 2.34. The number of alkyl halides is 4. The smallest absolute Gasteiger partial charge is 0.387 e. The van der Waals surface area contributed by atoms with Crippen LogP contribution in [0.15, 0.2) is 65.7 Å². The second-order valence-corrected chi connectivity index (χ2v) is 7.28. The Bertz CT molecular complexity index is 1120. The average molecular weight is 443 g/mol. The maximum Gasteiger partial charge on any atom is 0.387 e. The molecular weight excluding hydrogens is 430 g/mol. The Labute approximate surface area is 168 Å². The minimum atomic E-state index is -4.02. The third kappa shape index (κ3) is 5.35. The molecule has 0 aliphatic rings. The molecule has 0 fully saturated rings. The fourth-order valence-electron chi connectivity index (χ4n) is 2.42. The van der Waals surface area contributed by atoms with Crippen molar-refractivity contribution in [3.63, 3.8) is 0 Å². The van der Waals surface area contributed by atoms with Gasteiger partial charge in [-0.1, -0.05) is 18.2 Å². The monoisotopic (exact) mass is 443 g/mol. The fourth-order valence-corrected chi connectivity index (χ4v) is 3.39. The number of aromatic nitrogens is 2. The zero-order valence-electron chi connectivity index (χ0n) is 14.9. The van der Waals surface area contributed by atoms with Gasteiger partial charge in [0.1, 0.15) is 11.5 Å². The molecule has 1 heterocycles. The highest BCUT2D eigenvalue weighted by Gasteiger charge is 2.18. The summed E-state index contributed by atoms with van der Waals surface area (Å²) in [5.74, 6) is -1.06. The zero-order valence-corrected chi connectivity index (χ0v) is 15.7. The summed E-state index contributed by atoms with van der Waals surface area (Å²) in [6.07, 6.45) is 1.16. The number of hydrogen-bond donors (Lipinski definition) is 1. The number of rotatable bonds is 8. The van der Waals surface area contributed by atoms with Crippen molar-refractivity contribution in [3.05, 3.63) is 60.8 Å². The summed E-state index contributed by atoms with van der Waals surface area (Å²) in [6.45, 7) is -6.33. The molecule has 0 saturated carbocycles.